The van der Waals surface area contributed by atoms with Crippen molar-refractivity contribution in [1.29, 1.82) is 0 Å². The number of carbonyl (C=O) groups is 1. The number of aromatic nitrogens is 1. The van der Waals surface area contributed by atoms with E-state index in [1.165, 1.54) is 20.0 Å². The lowest BCUT2D eigenvalue weighted by Crippen LogP contribution is -2.41. The number of ether oxygens (including phenoxy) is 2. The van der Waals surface area contributed by atoms with Gasteiger partial charge in [-0.2, -0.15) is 0 Å². The Bertz CT molecular complexity index is 737. The van der Waals surface area contributed by atoms with Gasteiger partial charge in [0.25, 0.3) is 0 Å². The summed E-state index contributed by atoms with van der Waals surface area (Å²) in [4.78, 5) is 18.7. The largest absolute Gasteiger partial charge is 0.465 e. The Morgan fingerprint density at radius 2 is 2.04 bits per heavy atom. The predicted octanol–water partition coefficient (Wildman–Crippen LogP) is 3.44. The van der Waals surface area contributed by atoms with Gasteiger partial charge in [-0.3, -0.25) is 4.90 Å². The number of hydrogen-bond donors (Lipinski definition) is 0. The second-order valence-corrected chi connectivity index (χ2v) is 6.67. The summed E-state index contributed by atoms with van der Waals surface area (Å²) in [6, 6.07) is 7.54. The topological polar surface area (TPSA) is 64.8 Å². The zero-order valence-corrected chi connectivity index (χ0v) is 15.7. The van der Waals surface area contributed by atoms with Crippen LogP contribution in [0.4, 0.5) is 0 Å². The average Bonchev–Trinajstić information content (AvgIpc) is 3.03. The second-order valence-electron chi connectivity index (χ2n) is 6.67. The summed E-state index contributed by atoms with van der Waals surface area (Å²) in [5, 5.41) is 0. The molecule has 1 unspecified atom stereocenters. The molecule has 3 rings (SSSR count). The van der Waals surface area contributed by atoms with E-state index in [0.29, 0.717) is 17.5 Å². The van der Waals surface area contributed by atoms with Crippen molar-refractivity contribution in [2.45, 2.75) is 38.8 Å². The molecule has 1 atom stereocenters. The number of oxazole rings is 1. The molecule has 0 saturated carbocycles. The number of aryl methyl sites for hydroxylation is 1. The lowest BCUT2D eigenvalue weighted by atomic mass is 10.0. The van der Waals surface area contributed by atoms with Crippen molar-refractivity contribution >= 4 is 5.97 Å². The van der Waals surface area contributed by atoms with Gasteiger partial charge >= 0.3 is 5.97 Å². The summed E-state index contributed by atoms with van der Waals surface area (Å²) in [6.45, 7) is 4.52. The SMILES string of the molecule is COCC1CCCCN1Cc1nc(-c2ccc(C(=O)OC)cc2)oc1C. The highest BCUT2D eigenvalue weighted by molar-refractivity contribution is 5.89. The number of likely N-dealkylation sites (tertiary alicyclic amines) is 1. The van der Waals surface area contributed by atoms with E-state index < -0.39 is 0 Å². The molecule has 1 aliphatic heterocycles. The fourth-order valence-corrected chi connectivity index (χ4v) is 3.41. The Balaban J connectivity index is 1.75. The zero-order chi connectivity index (χ0) is 18.5. The smallest absolute Gasteiger partial charge is 0.337 e. The number of benzene rings is 1. The van der Waals surface area contributed by atoms with Crippen LogP contribution in [0.1, 0.15) is 41.1 Å². The molecule has 0 aliphatic carbocycles. The van der Waals surface area contributed by atoms with Gasteiger partial charge in [0.2, 0.25) is 5.89 Å². The first-order chi connectivity index (χ1) is 12.6. The quantitative estimate of drug-likeness (QED) is 0.737. The van der Waals surface area contributed by atoms with Gasteiger partial charge in [0.05, 0.1) is 25.0 Å². The maximum absolute atomic E-state index is 11.5. The Morgan fingerprint density at radius 1 is 1.27 bits per heavy atom. The number of carbonyl (C=O) groups excluding carboxylic acids is 1. The van der Waals surface area contributed by atoms with Crippen molar-refractivity contribution in [3.05, 3.63) is 41.3 Å². The van der Waals surface area contributed by atoms with Gasteiger partial charge in [-0.25, -0.2) is 9.78 Å². The fraction of sp³-hybridized carbons (Fsp3) is 0.500. The number of methoxy groups -OCH3 is 2. The minimum Gasteiger partial charge on any atom is -0.465 e. The number of piperidine rings is 1. The maximum atomic E-state index is 11.5. The Hall–Kier alpha value is -2.18. The van der Waals surface area contributed by atoms with E-state index in [-0.39, 0.29) is 5.97 Å². The molecule has 2 heterocycles. The number of rotatable bonds is 6. The monoisotopic (exact) mass is 358 g/mol. The molecule has 1 fully saturated rings. The number of hydrogen-bond acceptors (Lipinski definition) is 6. The minimum atomic E-state index is -0.352. The van der Waals surface area contributed by atoms with Crippen LogP contribution < -0.4 is 0 Å². The van der Waals surface area contributed by atoms with Crippen molar-refractivity contribution in [2.24, 2.45) is 0 Å². The molecule has 6 heteroatoms. The van der Waals surface area contributed by atoms with E-state index >= 15 is 0 Å². The fourth-order valence-electron chi connectivity index (χ4n) is 3.41. The summed E-state index contributed by atoms with van der Waals surface area (Å²) < 4.78 is 16.0. The molecule has 2 aromatic rings. The van der Waals surface area contributed by atoms with Crippen LogP contribution in [0.15, 0.2) is 28.7 Å². The number of nitrogens with zero attached hydrogens (tertiary/aromatic N) is 2. The normalized spacial score (nSPS) is 18.0. The maximum Gasteiger partial charge on any atom is 0.337 e. The lowest BCUT2D eigenvalue weighted by Gasteiger charge is -2.34. The highest BCUT2D eigenvalue weighted by atomic mass is 16.5. The molecule has 26 heavy (non-hydrogen) atoms. The Morgan fingerprint density at radius 3 is 2.73 bits per heavy atom. The highest BCUT2D eigenvalue weighted by Crippen LogP contribution is 2.25. The van der Waals surface area contributed by atoms with Crippen molar-refractivity contribution in [2.75, 3.05) is 27.4 Å². The van der Waals surface area contributed by atoms with Crippen LogP contribution in [0.25, 0.3) is 11.5 Å². The van der Waals surface area contributed by atoms with Crippen LogP contribution >= 0.6 is 0 Å². The van der Waals surface area contributed by atoms with E-state index in [9.17, 15) is 4.79 Å². The average molecular weight is 358 g/mol. The molecule has 0 bridgehead atoms. The first-order valence-corrected chi connectivity index (χ1v) is 9.00. The molecule has 0 N–H and O–H groups in total. The molecule has 1 aromatic carbocycles. The van der Waals surface area contributed by atoms with Crippen LogP contribution in [0.5, 0.6) is 0 Å². The van der Waals surface area contributed by atoms with Gasteiger partial charge in [-0.15, -0.1) is 0 Å². The summed E-state index contributed by atoms with van der Waals surface area (Å²) in [5.41, 5.74) is 2.31. The van der Waals surface area contributed by atoms with Crippen LogP contribution in [0, 0.1) is 6.92 Å². The molecule has 0 amide bonds. The Labute approximate surface area is 154 Å². The van der Waals surface area contributed by atoms with Crippen molar-refractivity contribution in [3.63, 3.8) is 0 Å². The highest BCUT2D eigenvalue weighted by Gasteiger charge is 2.24. The Kier molecular flexibility index (Phi) is 6.06. The summed E-state index contributed by atoms with van der Waals surface area (Å²) in [6.07, 6.45) is 3.62. The third-order valence-electron chi connectivity index (χ3n) is 4.91. The predicted molar refractivity (Wildman–Crippen MR) is 97.9 cm³/mol. The van der Waals surface area contributed by atoms with E-state index in [0.717, 1.165) is 43.1 Å². The molecule has 0 radical (unpaired) electrons. The van der Waals surface area contributed by atoms with Crippen molar-refractivity contribution in [1.82, 2.24) is 9.88 Å². The lowest BCUT2D eigenvalue weighted by molar-refractivity contribution is 0.0590. The summed E-state index contributed by atoms with van der Waals surface area (Å²) >= 11 is 0. The van der Waals surface area contributed by atoms with Gasteiger partial charge in [0, 0.05) is 25.3 Å². The minimum absolute atomic E-state index is 0.352. The third-order valence-corrected chi connectivity index (χ3v) is 4.91. The standard InChI is InChI=1S/C20H26N2O4/c1-14-18(12-22-11-5-4-6-17(22)13-24-2)21-19(26-14)15-7-9-16(10-8-15)20(23)25-3/h7-10,17H,4-6,11-13H2,1-3H3. The van der Waals surface area contributed by atoms with Gasteiger partial charge < -0.3 is 13.9 Å². The zero-order valence-electron chi connectivity index (χ0n) is 15.7. The van der Waals surface area contributed by atoms with Crippen molar-refractivity contribution < 1.29 is 18.7 Å². The van der Waals surface area contributed by atoms with E-state index in [2.05, 4.69) is 4.90 Å². The van der Waals surface area contributed by atoms with E-state index in [4.69, 9.17) is 18.9 Å². The molecule has 6 nitrogen and oxygen atoms in total. The van der Waals surface area contributed by atoms with Crippen LogP contribution in [-0.2, 0) is 16.0 Å². The van der Waals surface area contributed by atoms with Gasteiger partial charge in [-0.1, -0.05) is 6.42 Å². The third kappa shape index (κ3) is 4.14. The van der Waals surface area contributed by atoms with E-state index in [1.54, 1.807) is 19.2 Å². The molecule has 1 aliphatic rings. The number of esters is 1. The van der Waals surface area contributed by atoms with E-state index in [1.807, 2.05) is 19.1 Å². The molecule has 0 spiro atoms. The van der Waals surface area contributed by atoms with Crippen LogP contribution in [-0.4, -0.2) is 49.3 Å². The molecule has 1 aromatic heterocycles. The molecule has 1 saturated heterocycles. The molecular formula is C20H26N2O4. The molecule has 140 valence electrons. The summed E-state index contributed by atoms with van der Waals surface area (Å²) in [5.74, 6) is 1.06. The van der Waals surface area contributed by atoms with Gasteiger partial charge in [-0.05, 0) is 50.6 Å². The van der Waals surface area contributed by atoms with Crippen LogP contribution in [0.2, 0.25) is 0 Å². The molecular weight excluding hydrogens is 332 g/mol. The first kappa shape index (κ1) is 18.6. The van der Waals surface area contributed by atoms with Gasteiger partial charge in [0.1, 0.15) is 5.76 Å². The second kappa shape index (κ2) is 8.47. The van der Waals surface area contributed by atoms with Crippen molar-refractivity contribution in [3.8, 4) is 11.5 Å². The summed E-state index contributed by atoms with van der Waals surface area (Å²) in [7, 11) is 3.13. The first-order valence-electron chi connectivity index (χ1n) is 9.00. The van der Waals surface area contributed by atoms with Crippen LogP contribution in [0.3, 0.4) is 0 Å². The van der Waals surface area contributed by atoms with Gasteiger partial charge in [0.15, 0.2) is 0 Å².